The molecule has 0 unspecified atom stereocenters. The molecule has 0 radical (unpaired) electrons. The molecule has 1 amide bonds. The van der Waals surface area contributed by atoms with Crippen LogP contribution in [0, 0.1) is 0 Å². The molecule has 0 N–H and O–H groups in total. The number of carbonyl (C=O) groups excluding carboxylic acids is 1. The van der Waals surface area contributed by atoms with Crippen LogP contribution in [0.15, 0.2) is 30.9 Å². The molecule has 1 fully saturated rings. The quantitative estimate of drug-likeness (QED) is 0.723. The third-order valence-corrected chi connectivity index (χ3v) is 3.47. The summed E-state index contributed by atoms with van der Waals surface area (Å²) in [4.78, 5) is 13.7. The highest BCUT2D eigenvalue weighted by Crippen LogP contribution is 2.25. The molecule has 5 nitrogen and oxygen atoms in total. The SMILES string of the molecule is C=CC(=O)N(Cc1cc(Cl)ccc1OCC)CC1OCCO1. The highest BCUT2D eigenvalue weighted by atomic mass is 35.5. The van der Waals surface area contributed by atoms with Gasteiger partial charge in [0.05, 0.1) is 26.4 Å². The largest absolute Gasteiger partial charge is 0.494 e. The van der Waals surface area contributed by atoms with Gasteiger partial charge >= 0.3 is 0 Å². The molecule has 0 saturated carbocycles. The molecule has 0 bridgehead atoms. The normalized spacial score (nSPS) is 14.8. The summed E-state index contributed by atoms with van der Waals surface area (Å²) in [7, 11) is 0. The lowest BCUT2D eigenvalue weighted by molar-refractivity contribution is -0.133. The lowest BCUT2D eigenvalue weighted by Gasteiger charge is -2.25. The number of benzene rings is 1. The van der Waals surface area contributed by atoms with E-state index in [9.17, 15) is 4.79 Å². The van der Waals surface area contributed by atoms with E-state index < -0.39 is 6.29 Å². The van der Waals surface area contributed by atoms with E-state index in [2.05, 4.69) is 6.58 Å². The Hall–Kier alpha value is -1.56. The van der Waals surface area contributed by atoms with Crippen LogP contribution in [-0.2, 0) is 20.8 Å². The van der Waals surface area contributed by atoms with Gasteiger partial charge in [-0.25, -0.2) is 0 Å². The van der Waals surface area contributed by atoms with E-state index in [1.165, 1.54) is 6.08 Å². The number of ether oxygens (including phenoxy) is 3. The van der Waals surface area contributed by atoms with Crippen LogP contribution in [0.3, 0.4) is 0 Å². The Morgan fingerprint density at radius 2 is 2.23 bits per heavy atom. The number of hydrogen-bond donors (Lipinski definition) is 0. The smallest absolute Gasteiger partial charge is 0.246 e. The Kier molecular flexibility index (Phi) is 6.24. The fourth-order valence-corrected chi connectivity index (χ4v) is 2.42. The molecule has 1 aliphatic heterocycles. The van der Waals surface area contributed by atoms with Gasteiger partial charge in [0.2, 0.25) is 5.91 Å². The first kappa shape index (κ1) is 16.8. The van der Waals surface area contributed by atoms with Gasteiger partial charge in [0.25, 0.3) is 0 Å². The Morgan fingerprint density at radius 1 is 1.50 bits per heavy atom. The standard InChI is InChI=1S/C16H20ClNO4/c1-3-15(19)18(11-16-21-7-8-22-16)10-12-9-13(17)5-6-14(12)20-4-2/h3,5-6,9,16H,1,4,7-8,10-11H2,2H3. The summed E-state index contributed by atoms with van der Waals surface area (Å²) in [6.07, 6.45) is 0.874. The molecule has 1 heterocycles. The maximum atomic E-state index is 12.1. The van der Waals surface area contributed by atoms with Gasteiger partial charge in [0.1, 0.15) is 5.75 Å². The molecule has 1 saturated heterocycles. The van der Waals surface area contributed by atoms with Gasteiger partial charge in [0, 0.05) is 17.1 Å². The van der Waals surface area contributed by atoms with Crippen LogP contribution in [0.25, 0.3) is 0 Å². The summed E-state index contributed by atoms with van der Waals surface area (Å²) in [5.74, 6) is 0.517. The minimum atomic E-state index is -0.404. The maximum Gasteiger partial charge on any atom is 0.246 e. The average Bonchev–Trinajstić information content (AvgIpc) is 3.01. The van der Waals surface area contributed by atoms with Gasteiger partial charge in [-0.1, -0.05) is 18.2 Å². The molecule has 1 aromatic rings. The Balaban J connectivity index is 2.16. The van der Waals surface area contributed by atoms with Crippen LogP contribution in [-0.4, -0.2) is 43.5 Å². The van der Waals surface area contributed by atoms with Crippen LogP contribution < -0.4 is 4.74 Å². The Morgan fingerprint density at radius 3 is 2.86 bits per heavy atom. The van der Waals surface area contributed by atoms with Crippen molar-refractivity contribution in [3.8, 4) is 5.75 Å². The number of hydrogen-bond acceptors (Lipinski definition) is 4. The van der Waals surface area contributed by atoms with Crippen molar-refractivity contribution in [2.24, 2.45) is 0 Å². The van der Waals surface area contributed by atoms with Crippen LogP contribution in [0.5, 0.6) is 5.75 Å². The van der Waals surface area contributed by atoms with Gasteiger partial charge in [-0.3, -0.25) is 4.79 Å². The Labute approximate surface area is 135 Å². The van der Waals surface area contributed by atoms with E-state index in [4.69, 9.17) is 25.8 Å². The fraction of sp³-hybridized carbons (Fsp3) is 0.438. The predicted octanol–water partition coefficient (Wildman–Crippen LogP) is 2.63. The van der Waals surface area contributed by atoms with Crippen molar-refractivity contribution >= 4 is 17.5 Å². The molecule has 6 heteroatoms. The molecular formula is C16H20ClNO4. The van der Waals surface area contributed by atoms with Gasteiger partial charge in [-0.15, -0.1) is 0 Å². The predicted molar refractivity (Wildman–Crippen MR) is 83.9 cm³/mol. The summed E-state index contributed by atoms with van der Waals surface area (Å²) in [5, 5.41) is 0.595. The first-order valence-corrected chi connectivity index (χ1v) is 7.57. The van der Waals surface area contributed by atoms with E-state index >= 15 is 0 Å². The molecule has 22 heavy (non-hydrogen) atoms. The number of rotatable bonds is 7. The van der Waals surface area contributed by atoms with Crippen molar-refractivity contribution in [2.75, 3.05) is 26.4 Å². The van der Waals surface area contributed by atoms with Crippen molar-refractivity contribution in [3.63, 3.8) is 0 Å². The van der Waals surface area contributed by atoms with Gasteiger partial charge in [-0.2, -0.15) is 0 Å². The summed E-state index contributed by atoms with van der Waals surface area (Å²) in [5.41, 5.74) is 0.836. The monoisotopic (exact) mass is 325 g/mol. The maximum absolute atomic E-state index is 12.1. The van der Waals surface area contributed by atoms with E-state index in [1.807, 2.05) is 6.92 Å². The fourth-order valence-electron chi connectivity index (χ4n) is 2.23. The number of halogens is 1. The lowest BCUT2D eigenvalue weighted by Crippen LogP contribution is -2.36. The summed E-state index contributed by atoms with van der Waals surface area (Å²) >= 11 is 6.06. The summed E-state index contributed by atoms with van der Waals surface area (Å²) in [6.45, 7) is 7.77. The van der Waals surface area contributed by atoms with Gasteiger partial charge < -0.3 is 19.1 Å². The van der Waals surface area contributed by atoms with Crippen molar-refractivity contribution in [1.29, 1.82) is 0 Å². The first-order chi connectivity index (χ1) is 10.6. The molecule has 0 aromatic heterocycles. The molecule has 0 spiro atoms. The lowest BCUT2D eigenvalue weighted by atomic mass is 10.2. The average molecular weight is 326 g/mol. The molecular weight excluding hydrogens is 306 g/mol. The molecule has 2 rings (SSSR count). The zero-order chi connectivity index (χ0) is 15.9. The number of nitrogens with zero attached hydrogens (tertiary/aromatic N) is 1. The van der Waals surface area contributed by atoms with Crippen molar-refractivity contribution in [1.82, 2.24) is 4.90 Å². The molecule has 120 valence electrons. The van der Waals surface area contributed by atoms with E-state index in [0.717, 1.165) is 5.56 Å². The van der Waals surface area contributed by atoms with Crippen LogP contribution in [0.1, 0.15) is 12.5 Å². The second-order valence-corrected chi connectivity index (χ2v) is 5.22. The third-order valence-electron chi connectivity index (χ3n) is 3.23. The van der Waals surface area contributed by atoms with Crippen molar-refractivity contribution in [2.45, 2.75) is 19.8 Å². The topological polar surface area (TPSA) is 48.0 Å². The van der Waals surface area contributed by atoms with Gasteiger partial charge in [0.15, 0.2) is 6.29 Å². The van der Waals surface area contributed by atoms with Crippen LogP contribution in [0.2, 0.25) is 5.02 Å². The minimum Gasteiger partial charge on any atom is -0.494 e. The number of carbonyl (C=O) groups is 1. The van der Waals surface area contributed by atoms with E-state index in [0.29, 0.717) is 43.7 Å². The Bertz CT molecular complexity index is 529. The summed E-state index contributed by atoms with van der Waals surface area (Å²) < 4.78 is 16.4. The second-order valence-electron chi connectivity index (χ2n) is 4.78. The van der Waals surface area contributed by atoms with Crippen molar-refractivity contribution < 1.29 is 19.0 Å². The second kappa shape index (κ2) is 8.17. The van der Waals surface area contributed by atoms with Crippen LogP contribution in [0.4, 0.5) is 0 Å². The zero-order valence-corrected chi connectivity index (χ0v) is 13.3. The van der Waals surface area contributed by atoms with Crippen molar-refractivity contribution in [3.05, 3.63) is 41.4 Å². The highest BCUT2D eigenvalue weighted by molar-refractivity contribution is 6.30. The molecule has 0 aliphatic carbocycles. The molecule has 1 aromatic carbocycles. The zero-order valence-electron chi connectivity index (χ0n) is 12.6. The highest BCUT2D eigenvalue weighted by Gasteiger charge is 2.23. The first-order valence-electron chi connectivity index (χ1n) is 7.19. The minimum absolute atomic E-state index is 0.193. The number of amides is 1. The van der Waals surface area contributed by atoms with Crippen LogP contribution >= 0.6 is 11.6 Å². The summed E-state index contributed by atoms with van der Waals surface area (Å²) in [6, 6.07) is 5.37. The van der Waals surface area contributed by atoms with Gasteiger partial charge in [-0.05, 0) is 31.2 Å². The van der Waals surface area contributed by atoms with E-state index in [-0.39, 0.29) is 5.91 Å². The molecule has 1 aliphatic rings. The molecule has 0 atom stereocenters. The van der Waals surface area contributed by atoms with E-state index in [1.54, 1.807) is 23.1 Å². The third kappa shape index (κ3) is 4.47.